The summed E-state index contributed by atoms with van der Waals surface area (Å²) in [6, 6.07) is 3.79. The average molecular weight is 271 g/mol. The predicted molar refractivity (Wildman–Crippen MR) is 66.4 cm³/mol. The molecule has 1 rings (SSSR count). The third-order valence-electron chi connectivity index (χ3n) is 3.04. The van der Waals surface area contributed by atoms with Gasteiger partial charge in [0.1, 0.15) is 17.6 Å². The van der Waals surface area contributed by atoms with Crippen molar-refractivity contribution in [3.63, 3.8) is 0 Å². The molecule has 1 atom stereocenters. The van der Waals surface area contributed by atoms with Crippen LogP contribution in [0.2, 0.25) is 0 Å². The van der Waals surface area contributed by atoms with Crippen LogP contribution in [0.15, 0.2) is 12.1 Å². The van der Waals surface area contributed by atoms with Gasteiger partial charge >= 0.3 is 6.18 Å². The van der Waals surface area contributed by atoms with Crippen LogP contribution in [-0.2, 0) is 6.18 Å². The molecule has 1 heterocycles. The number of nitrogens with zero attached hydrogens (tertiary/aromatic N) is 2. The second kappa shape index (κ2) is 5.91. The molecule has 19 heavy (non-hydrogen) atoms. The van der Waals surface area contributed by atoms with Crippen molar-refractivity contribution < 1.29 is 13.2 Å². The summed E-state index contributed by atoms with van der Waals surface area (Å²) in [5.41, 5.74) is -0.879. The van der Waals surface area contributed by atoms with Crippen molar-refractivity contribution in [3.8, 4) is 6.07 Å². The maximum atomic E-state index is 12.6. The Bertz CT molecular complexity index is 475. The number of anilines is 1. The monoisotopic (exact) mass is 271 g/mol. The molecule has 3 nitrogen and oxygen atoms in total. The van der Waals surface area contributed by atoms with Gasteiger partial charge in [-0.05, 0) is 24.0 Å². The van der Waals surface area contributed by atoms with Gasteiger partial charge in [0.05, 0.1) is 5.56 Å². The second-order valence-electron chi connectivity index (χ2n) is 4.80. The molecule has 104 valence electrons. The molecule has 0 saturated heterocycles. The lowest BCUT2D eigenvalue weighted by atomic mass is 9.98. The van der Waals surface area contributed by atoms with Crippen LogP contribution in [0.1, 0.15) is 32.0 Å². The standard InChI is InChI=1S/C13H16F3N3/c1-8(2)9(3)7-18-12-10(6-17)4-5-11(19-12)13(14,15)16/h4-5,8-9H,7H2,1-3H3,(H,18,19). The van der Waals surface area contributed by atoms with Crippen LogP contribution in [-0.4, -0.2) is 11.5 Å². The molecule has 0 aliphatic carbocycles. The van der Waals surface area contributed by atoms with E-state index in [1.54, 1.807) is 0 Å². The number of aromatic nitrogens is 1. The van der Waals surface area contributed by atoms with Crippen molar-refractivity contribution in [2.45, 2.75) is 26.9 Å². The number of pyridine rings is 1. The summed E-state index contributed by atoms with van der Waals surface area (Å²) in [6.45, 7) is 6.51. The summed E-state index contributed by atoms with van der Waals surface area (Å²) in [7, 11) is 0. The Hall–Kier alpha value is -1.77. The largest absolute Gasteiger partial charge is 0.433 e. The van der Waals surface area contributed by atoms with Gasteiger partial charge in [0.2, 0.25) is 0 Å². The van der Waals surface area contributed by atoms with Gasteiger partial charge in [0.15, 0.2) is 0 Å². The Balaban J connectivity index is 2.95. The van der Waals surface area contributed by atoms with Crippen molar-refractivity contribution in [2.75, 3.05) is 11.9 Å². The van der Waals surface area contributed by atoms with Crippen molar-refractivity contribution in [2.24, 2.45) is 11.8 Å². The number of nitrogens with one attached hydrogen (secondary N) is 1. The lowest BCUT2D eigenvalue weighted by Gasteiger charge is -2.17. The van der Waals surface area contributed by atoms with E-state index in [1.807, 2.05) is 26.8 Å². The highest BCUT2D eigenvalue weighted by molar-refractivity contribution is 5.52. The van der Waals surface area contributed by atoms with E-state index in [-0.39, 0.29) is 17.3 Å². The summed E-state index contributed by atoms with van der Waals surface area (Å²) < 4.78 is 37.7. The summed E-state index contributed by atoms with van der Waals surface area (Å²) in [5.74, 6) is 0.650. The Labute approximate surface area is 110 Å². The molecule has 0 amide bonds. The number of halogens is 3. The molecule has 0 aromatic carbocycles. The summed E-state index contributed by atoms with van der Waals surface area (Å²) in [6.07, 6.45) is -4.51. The van der Waals surface area contributed by atoms with Crippen LogP contribution in [0.4, 0.5) is 19.0 Å². The van der Waals surface area contributed by atoms with E-state index in [0.717, 1.165) is 12.1 Å². The third kappa shape index (κ3) is 4.12. The molecule has 0 spiro atoms. The fraction of sp³-hybridized carbons (Fsp3) is 0.538. The number of hydrogen-bond acceptors (Lipinski definition) is 3. The van der Waals surface area contributed by atoms with Gasteiger partial charge in [-0.1, -0.05) is 20.8 Å². The van der Waals surface area contributed by atoms with Crippen molar-refractivity contribution in [3.05, 3.63) is 23.4 Å². The first-order valence-electron chi connectivity index (χ1n) is 5.98. The molecular formula is C13H16F3N3. The minimum atomic E-state index is -4.51. The van der Waals surface area contributed by atoms with E-state index in [4.69, 9.17) is 5.26 Å². The molecule has 0 saturated carbocycles. The predicted octanol–water partition coefficient (Wildman–Crippen LogP) is 3.68. The number of hydrogen-bond donors (Lipinski definition) is 1. The van der Waals surface area contributed by atoms with Gasteiger partial charge in [-0.25, -0.2) is 4.98 Å². The Morgan fingerprint density at radius 1 is 1.32 bits per heavy atom. The molecule has 1 aromatic heterocycles. The van der Waals surface area contributed by atoms with Crippen molar-refractivity contribution in [1.82, 2.24) is 4.98 Å². The fourth-order valence-corrected chi connectivity index (χ4v) is 1.34. The van der Waals surface area contributed by atoms with Gasteiger partial charge in [0, 0.05) is 6.54 Å². The smallest absolute Gasteiger partial charge is 0.369 e. The van der Waals surface area contributed by atoms with Crippen LogP contribution in [0, 0.1) is 23.2 Å². The average Bonchev–Trinajstić information content (AvgIpc) is 2.34. The zero-order valence-electron chi connectivity index (χ0n) is 11.0. The Morgan fingerprint density at radius 2 is 1.95 bits per heavy atom. The SMILES string of the molecule is CC(C)C(C)CNc1nc(C(F)(F)F)ccc1C#N. The minimum Gasteiger partial charge on any atom is -0.369 e. The van der Waals surface area contributed by atoms with Gasteiger partial charge in [-0.15, -0.1) is 0 Å². The third-order valence-corrected chi connectivity index (χ3v) is 3.04. The maximum Gasteiger partial charge on any atom is 0.433 e. The van der Waals surface area contributed by atoms with Crippen molar-refractivity contribution >= 4 is 5.82 Å². The molecule has 1 N–H and O–H groups in total. The number of rotatable bonds is 4. The van der Waals surface area contributed by atoms with E-state index in [9.17, 15) is 13.2 Å². The highest BCUT2D eigenvalue weighted by Gasteiger charge is 2.33. The molecule has 0 bridgehead atoms. The van der Waals surface area contributed by atoms with Crippen LogP contribution >= 0.6 is 0 Å². The molecule has 0 aliphatic rings. The summed E-state index contributed by atoms with van der Waals surface area (Å²) in [5, 5.41) is 11.7. The molecule has 0 aliphatic heterocycles. The molecule has 1 aromatic rings. The van der Waals surface area contributed by atoms with Gasteiger partial charge in [-0.3, -0.25) is 0 Å². The molecular weight excluding hydrogens is 255 g/mol. The second-order valence-corrected chi connectivity index (χ2v) is 4.80. The Morgan fingerprint density at radius 3 is 2.42 bits per heavy atom. The molecule has 0 radical (unpaired) electrons. The first kappa shape index (κ1) is 15.3. The first-order valence-corrected chi connectivity index (χ1v) is 5.98. The van der Waals surface area contributed by atoms with E-state index in [2.05, 4.69) is 10.3 Å². The quantitative estimate of drug-likeness (QED) is 0.908. The van der Waals surface area contributed by atoms with E-state index in [0.29, 0.717) is 12.5 Å². The zero-order valence-corrected chi connectivity index (χ0v) is 11.0. The van der Waals surface area contributed by atoms with Crippen LogP contribution < -0.4 is 5.32 Å². The molecule has 6 heteroatoms. The van der Waals surface area contributed by atoms with Gasteiger partial charge < -0.3 is 5.32 Å². The van der Waals surface area contributed by atoms with Crippen molar-refractivity contribution in [1.29, 1.82) is 5.26 Å². The lowest BCUT2D eigenvalue weighted by molar-refractivity contribution is -0.141. The number of alkyl halides is 3. The zero-order chi connectivity index (χ0) is 14.6. The van der Waals surface area contributed by atoms with E-state index in [1.165, 1.54) is 0 Å². The summed E-state index contributed by atoms with van der Waals surface area (Å²) in [4.78, 5) is 3.49. The highest BCUT2D eigenvalue weighted by atomic mass is 19.4. The minimum absolute atomic E-state index is 0.00942. The normalized spacial score (nSPS) is 13.2. The summed E-state index contributed by atoms with van der Waals surface area (Å²) >= 11 is 0. The van der Waals surface area contributed by atoms with Gasteiger partial charge in [-0.2, -0.15) is 18.4 Å². The highest BCUT2D eigenvalue weighted by Crippen LogP contribution is 2.29. The topological polar surface area (TPSA) is 48.7 Å². The molecule has 0 fully saturated rings. The Kier molecular flexibility index (Phi) is 4.76. The van der Waals surface area contributed by atoms with Gasteiger partial charge in [0.25, 0.3) is 0 Å². The van der Waals surface area contributed by atoms with E-state index < -0.39 is 11.9 Å². The fourth-order valence-electron chi connectivity index (χ4n) is 1.34. The number of nitriles is 1. The first-order chi connectivity index (χ1) is 8.75. The maximum absolute atomic E-state index is 12.6. The van der Waals surface area contributed by atoms with Crippen LogP contribution in [0.3, 0.4) is 0 Å². The lowest BCUT2D eigenvalue weighted by Crippen LogP contribution is -2.18. The van der Waals surface area contributed by atoms with E-state index >= 15 is 0 Å². The molecule has 1 unspecified atom stereocenters. The van der Waals surface area contributed by atoms with Crippen LogP contribution in [0.5, 0.6) is 0 Å². The van der Waals surface area contributed by atoms with Crippen LogP contribution in [0.25, 0.3) is 0 Å².